The summed E-state index contributed by atoms with van der Waals surface area (Å²) in [6.07, 6.45) is 0. The molecular weight excluding hydrogens is 324 g/mol. The lowest BCUT2D eigenvalue weighted by Crippen LogP contribution is -2.27. The average molecular weight is 341 g/mol. The molecule has 0 unspecified atom stereocenters. The van der Waals surface area contributed by atoms with Crippen molar-refractivity contribution >= 4 is 23.3 Å². The van der Waals surface area contributed by atoms with E-state index in [9.17, 15) is 4.79 Å². The molecular formula is C18H17ClN4O. The van der Waals surface area contributed by atoms with Gasteiger partial charge in [0.15, 0.2) is 0 Å². The highest BCUT2D eigenvalue weighted by Crippen LogP contribution is 2.29. The van der Waals surface area contributed by atoms with Gasteiger partial charge in [-0.15, -0.1) is 0 Å². The second kappa shape index (κ2) is 6.76. The van der Waals surface area contributed by atoms with Crippen LogP contribution in [0.25, 0.3) is 22.5 Å². The normalized spacial score (nSPS) is 10.5. The number of carbonyl (C=O) groups excluding carboxylic acids is 1. The van der Waals surface area contributed by atoms with Crippen molar-refractivity contribution in [3.05, 3.63) is 59.6 Å². The Morgan fingerprint density at radius 3 is 2.67 bits per heavy atom. The molecule has 2 N–H and O–H groups in total. The predicted molar refractivity (Wildman–Crippen MR) is 97.2 cm³/mol. The number of aromatic amines is 1. The van der Waals surface area contributed by atoms with Gasteiger partial charge in [-0.3, -0.25) is 5.10 Å². The molecule has 122 valence electrons. The summed E-state index contributed by atoms with van der Waals surface area (Å²) in [6.45, 7) is 0. The van der Waals surface area contributed by atoms with Crippen molar-refractivity contribution in [1.29, 1.82) is 0 Å². The summed E-state index contributed by atoms with van der Waals surface area (Å²) in [5.41, 5.74) is 4.15. The van der Waals surface area contributed by atoms with E-state index >= 15 is 0 Å². The molecule has 0 fully saturated rings. The number of urea groups is 1. The molecule has 0 saturated heterocycles. The van der Waals surface area contributed by atoms with Crippen LogP contribution in [0.1, 0.15) is 0 Å². The molecule has 0 spiro atoms. The van der Waals surface area contributed by atoms with E-state index in [0.29, 0.717) is 10.7 Å². The van der Waals surface area contributed by atoms with Crippen LogP contribution < -0.4 is 5.32 Å². The van der Waals surface area contributed by atoms with E-state index in [2.05, 4.69) is 15.5 Å². The maximum atomic E-state index is 11.8. The van der Waals surface area contributed by atoms with Crippen LogP contribution in [0.3, 0.4) is 0 Å². The number of benzene rings is 2. The first-order chi connectivity index (χ1) is 11.5. The monoisotopic (exact) mass is 340 g/mol. The van der Waals surface area contributed by atoms with Gasteiger partial charge in [-0.2, -0.15) is 5.10 Å². The first-order valence-electron chi connectivity index (χ1n) is 7.43. The highest BCUT2D eigenvalue weighted by molar-refractivity contribution is 6.33. The summed E-state index contributed by atoms with van der Waals surface area (Å²) < 4.78 is 0. The molecule has 3 rings (SSSR count). The molecule has 2 amide bonds. The summed E-state index contributed by atoms with van der Waals surface area (Å²) in [4.78, 5) is 13.2. The largest absolute Gasteiger partial charge is 0.331 e. The predicted octanol–water partition coefficient (Wildman–Crippen LogP) is 4.49. The van der Waals surface area contributed by atoms with Crippen LogP contribution in [0.15, 0.2) is 54.6 Å². The first kappa shape index (κ1) is 16.1. The number of amides is 2. The van der Waals surface area contributed by atoms with Crippen molar-refractivity contribution in [1.82, 2.24) is 15.1 Å². The van der Waals surface area contributed by atoms with Gasteiger partial charge in [0.25, 0.3) is 0 Å². The van der Waals surface area contributed by atoms with Crippen LogP contribution in [0.4, 0.5) is 10.5 Å². The molecule has 24 heavy (non-hydrogen) atoms. The number of hydrogen-bond donors (Lipinski definition) is 2. The summed E-state index contributed by atoms with van der Waals surface area (Å²) in [7, 11) is 3.39. The second-order valence-electron chi connectivity index (χ2n) is 5.55. The summed E-state index contributed by atoms with van der Waals surface area (Å²) in [6, 6.07) is 16.9. The standard InChI is InChI=1S/C18H17ClN4O/c1-23(2)18(24)20-13-7-5-6-12(10-13)16-11-17(22-21-16)14-8-3-4-9-15(14)19/h3-11H,1-2H3,(H,20,24)(H,21,22). The fraction of sp³-hybridized carbons (Fsp3) is 0.111. The number of anilines is 1. The second-order valence-corrected chi connectivity index (χ2v) is 5.96. The topological polar surface area (TPSA) is 61.0 Å². The van der Waals surface area contributed by atoms with Gasteiger partial charge in [-0.1, -0.05) is 41.9 Å². The number of H-pyrrole nitrogens is 1. The maximum absolute atomic E-state index is 11.8. The number of carbonyl (C=O) groups is 1. The lowest BCUT2D eigenvalue weighted by atomic mass is 10.1. The highest BCUT2D eigenvalue weighted by atomic mass is 35.5. The third-order valence-electron chi connectivity index (χ3n) is 3.56. The molecule has 0 saturated carbocycles. The third kappa shape index (κ3) is 3.41. The molecule has 6 heteroatoms. The van der Waals surface area contributed by atoms with E-state index in [-0.39, 0.29) is 6.03 Å². The molecule has 1 aromatic heterocycles. The minimum atomic E-state index is -0.175. The van der Waals surface area contributed by atoms with Crippen molar-refractivity contribution < 1.29 is 4.79 Å². The van der Waals surface area contributed by atoms with Crippen molar-refractivity contribution in [3.63, 3.8) is 0 Å². The number of rotatable bonds is 3. The number of nitrogens with one attached hydrogen (secondary N) is 2. The Bertz CT molecular complexity index is 873. The van der Waals surface area contributed by atoms with Gasteiger partial charge in [0, 0.05) is 35.9 Å². The van der Waals surface area contributed by atoms with Crippen molar-refractivity contribution in [3.8, 4) is 22.5 Å². The molecule has 0 atom stereocenters. The Labute approximate surface area is 145 Å². The third-order valence-corrected chi connectivity index (χ3v) is 3.89. The average Bonchev–Trinajstić information content (AvgIpc) is 3.05. The minimum absolute atomic E-state index is 0.175. The molecule has 0 aliphatic heterocycles. The fourth-order valence-corrected chi connectivity index (χ4v) is 2.52. The SMILES string of the molecule is CN(C)C(=O)Nc1cccc(-c2cc(-c3ccccc3Cl)[nH]n2)c1. The van der Waals surface area contributed by atoms with Crippen LogP contribution in [-0.2, 0) is 0 Å². The van der Waals surface area contributed by atoms with E-state index in [0.717, 1.165) is 22.5 Å². The molecule has 1 heterocycles. The zero-order valence-corrected chi connectivity index (χ0v) is 14.1. The lowest BCUT2D eigenvalue weighted by Gasteiger charge is -2.12. The van der Waals surface area contributed by atoms with Crippen LogP contribution in [0.2, 0.25) is 5.02 Å². The van der Waals surface area contributed by atoms with Gasteiger partial charge in [0.1, 0.15) is 0 Å². The summed E-state index contributed by atoms with van der Waals surface area (Å²) in [5, 5.41) is 10.9. The molecule has 0 aliphatic rings. The Kier molecular flexibility index (Phi) is 4.53. The Hall–Kier alpha value is -2.79. The van der Waals surface area contributed by atoms with Gasteiger partial charge >= 0.3 is 6.03 Å². The smallest absolute Gasteiger partial charge is 0.321 e. The van der Waals surface area contributed by atoms with Crippen molar-refractivity contribution in [2.45, 2.75) is 0 Å². The molecule has 0 radical (unpaired) electrons. The van der Waals surface area contributed by atoms with E-state index < -0.39 is 0 Å². The quantitative estimate of drug-likeness (QED) is 0.738. The number of halogens is 1. The molecule has 0 aliphatic carbocycles. The van der Waals surface area contributed by atoms with Gasteiger partial charge in [-0.25, -0.2) is 4.79 Å². The Morgan fingerprint density at radius 2 is 1.92 bits per heavy atom. The Morgan fingerprint density at radius 1 is 1.12 bits per heavy atom. The van der Waals surface area contributed by atoms with E-state index in [1.807, 2.05) is 54.6 Å². The first-order valence-corrected chi connectivity index (χ1v) is 7.81. The van der Waals surface area contributed by atoms with Crippen LogP contribution in [0, 0.1) is 0 Å². The summed E-state index contributed by atoms with van der Waals surface area (Å²) in [5.74, 6) is 0. The van der Waals surface area contributed by atoms with Gasteiger partial charge in [-0.05, 0) is 24.3 Å². The van der Waals surface area contributed by atoms with E-state index in [4.69, 9.17) is 11.6 Å². The van der Waals surface area contributed by atoms with Crippen molar-refractivity contribution in [2.75, 3.05) is 19.4 Å². The molecule has 0 bridgehead atoms. The zero-order chi connectivity index (χ0) is 17.1. The van der Waals surface area contributed by atoms with Gasteiger partial charge in [0.05, 0.1) is 11.4 Å². The lowest BCUT2D eigenvalue weighted by molar-refractivity contribution is 0.230. The van der Waals surface area contributed by atoms with Crippen LogP contribution in [0.5, 0.6) is 0 Å². The van der Waals surface area contributed by atoms with Crippen LogP contribution >= 0.6 is 11.6 Å². The Balaban J connectivity index is 1.88. The van der Waals surface area contributed by atoms with E-state index in [1.54, 1.807) is 14.1 Å². The molecule has 2 aromatic carbocycles. The van der Waals surface area contributed by atoms with E-state index in [1.165, 1.54) is 4.90 Å². The number of nitrogens with zero attached hydrogens (tertiary/aromatic N) is 2. The molecule has 5 nitrogen and oxygen atoms in total. The molecule has 3 aromatic rings. The minimum Gasteiger partial charge on any atom is -0.331 e. The van der Waals surface area contributed by atoms with Crippen molar-refractivity contribution in [2.24, 2.45) is 0 Å². The fourth-order valence-electron chi connectivity index (χ4n) is 2.28. The van der Waals surface area contributed by atoms with Crippen LogP contribution in [-0.4, -0.2) is 35.2 Å². The van der Waals surface area contributed by atoms with Gasteiger partial charge < -0.3 is 10.2 Å². The zero-order valence-electron chi connectivity index (χ0n) is 13.4. The number of aromatic nitrogens is 2. The van der Waals surface area contributed by atoms with Gasteiger partial charge in [0.2, 0.25) is 0 Å². The maximum Gasteiger partial charge on any atom is 0.321 e. The number of hydrogen-bond acceptors (Lipinski definition) is 2. The highest BCUT2D eigenvalue weighted by Gasteiger charge is 2.10. The summed E-state index contributed by atoms with van der Waals surface area (Å²) >= 11 is 6.23.